The zero-order chi connectivity index (χ0) is 12.6. The van der Waals surface area contributed by atoms with Crippen molar-refractivity contribution in [1.29, 1.82) is 0 Å². The minimum Gasteiger partial charge on any atom is -0.377 e. The van der Waals surface area contributed by atoms with E-state index in [1.54, 1.807) is 6.92 Å². The zero-order valence-electron chi connectivity index (χ0n) is 9.99. The van der Waals surface area contributed by atoms with Crippen molar-refractivity contribution in [2.45, 2.75) is 25.5 Å². The van der Waals surface area contributed by atoms with Gasteiger partial charge in [-0.25, -0.2) is 0 Å². The van der Waals surface area contributed by atoms with Crippen molar-refractivity contribution in [2.75, 3.05) is 20.1 Å². The lowest BCUT2D eigenvalue weighted by Crippen LogP contribution is -2.47. The summed E-state index contributed by atoms with van der Waals surface area (Å²) in [6.07, 6.45) is 1.36. The summed E-state index contributed by atoms with van der Waals surface area (Å²) >= 11 is 5.62. The summed E-state index contributed by atoms with van der Waals surface area (Å²) in [6, 6.07) is 0.595. The normalized spacial score (nSPS) is 13.5. The summed E-state index contributed by atoms with van der Waals surface area (Å²) in [7, 11) is 0.286. The molecule has 0 aromatic rings. The summed E-state index contributed by atoms with van der Waals surface area (Å²) in [5, 5.41) is 0. The zero-order valence-corrected chi connectivity index (χ0v) is 11.8. The van der Waals surface area contributed by atoms with Crippen molar-refractivity contribution in [3.63, 3.8) is 0 Å². The first kappa shape index (κ1) is 15.8. The van der Waals surface area contributed by atoms with E-state index in [9.17, 15) is 4.79 Å². The molecule has 0 aromatic heterocycles. The number of carbonyl (C=O) groups excluding carboxylic acids is 1. The highest BCUT2D eigenvalue weighted by Crippen LogP contribution is 2.19. The SMILES string of the molecule is C=CC(=O)C(C)O[Si](CCCCl)(OC)OC. The average Bonchev–Trinajstić information content (AvgIpc) is 2.33. The highest BCUT2D eigenvalue weighted by atomic mass is 35.5. The number of ketones is 1. The number of hydrogen-bond donors (Lipinski definition) is 0. The van der Waals surface area contributed by atoms with E-state index in [0.717, 1.165) is 6.42 Å². The lowest BCUT2D eigenvalue weighted by molar-refractivity contribution is -0.122. The van der Waals surface area contributed by atoms with Crippen LogP contribution in [-0.2, 0) is 18.1 Å². The van der Waals surface area contributed by atoms with Gasteiger partial charge in [0.1, 0.15) is 6.10 Å². The van der Waals surface area contributed by atoms with Crippen LogP contribution in [0.5, 0.6) is 0 Å². The maximum absolute atomic E-state index is 11.3. The molecule has 0 heterocycles. The second-order valence-electron chi connectivity index (χ2n) is 3.25. The summed E-state index contributed by atoms with van der Waals surface area (Å²) in [4.78, 5) is 11.3. The first-order valence-electron chi connectivity index (χ1n) is 5.05. The van der Waals surface area contributed by atoms with E-state index in [0.29, 0.717) is 11.9 Å². The molecule has 0 saturated heterocycles. The molecule has 16 heavy (non-hydrogen) atoms. The fourth-order valence-electron chi connectivity index (χ4n) is 1.22. The number of alkyl halides is 1. The van der Waals surface area contributed by atoms with E-state index >= 15 is 0 Å². The van der Waals surface area contributed by atoms with Crippen molar-refractivity contribution in [2.24, 2.45) is 0 Å². The molecule has 6 heteroatoms. The van der Waals surface area contributed by atoms with Crippen molar-refractivity contribution < 1.29 is 18.1 Å². The Bertz CT molecular complexity index is 231. The number of rotatable bonds is 9. The maximum Gasteiger partial charge on any atom is 0.501 e. The van der Waals surface area contributed by atoms with Crippen molar-refractivity contribution in [1.82, 2.24) is 0 Å². The standard InChI is InChI=1S/C10H19ClO4Si/c1-5-10(12)9(2)15-16(13-3,14-4)8-6-7-11/h5,9H,1,6-8H2,2-4H3. The van der Waals surface area contributed by atoms with Gasteiger partial charge in [0, 0.05) is 26.1 Å². The molecule has 0 rings (SSSR count). The van der Waals surface area contributed by atoms with E-state index < -0.39 is 14.9 Å². The van der Waals surface area contributed by atoms with Gasteiger partial charge in [0.2, 0.25) is 0 Å². The Hall–Kier alpha value is -0.203. The molecule has 94 valence electrons. The molecule has 0 aliphatic carbocycles. The molecule has 0 aromatic carbocycles. The van der Waals surface area contributed by atoms with Crippen LogP contribution < -0.4 is 0 Å². The van der Waals surface area contributed by atoms with Gasteiger partial charge in [-0.15, -0.1) is 11.6 Å². The van der Waals surface area contributed by atoms with Crippen LogP contribution in [0, 0.1) is 0 Å². The van der Waals surface area contributed by atoms with Crippen molar-refractivity contribution >= 4 is 26.2 Å². The topological polar surface area (TPSA) is 44.8 Å². The molecular formula is C10H19ClO4Si. The lowest BCUT2D eigenvalue weighted by atomic mass is 10.3. The largest absolute Gasteiger partial charge is 0.501 e. The molecular weight excluding hydrogens is 248 g/mol. The van der Waals surface area contributed by atoms with Crippen molar-refractivity contribution in [3.05, 3.63) is 12.7 Å². The van der Waals surface area contributed by atoms with Gasteiger partial charge < -0.3 is 13.3 Å². The van der Waals surface area contributed by atoms with Gasteiger partial charge >= 0.3 is 8.80 Å². The fourth-order valence-corrected chi connectivity index (χ4v) is 3.73. The van der Waals surface area contributed by atoms with Gasteiger partial charge in [-0.2, -0.15) is 0 Å². The third kappa shape index (κ3) is 4.76. The fraction of sp³-hybridized carbons (Fsp3) is 0.700. The van der Waals surface area contributed by atoms with Crippen LogP contribution in [-0.4, -0.2) is 40.8 Å². The van der Waals surface area contributed by atoms with Crippen LogP contribution in [0.15, 0.2) is 12.7 Å². The minimum atomic E-state index is -2.76. The molecule has 0 N–H and O–H groups in total. The smallest absolute Gasteiger partial charge is 0.377 e. The molecule has 0 radical (unpaired) electrons. The highest BCUT2D eigenvalue weighted by Gasteiger charge is 2.40. The monoisotopic (exact) mass is 266 g/mol. The third-order valence-electron chi connectivity index (χ3n) is 2.20. The minimum absolute atomic E-state index is 0.183. The third-order valence-corrected chi connectivity index (χ3v) is 5.39. The molecule has 1 atom stereocenters. The summed E-state index contributed by atoms with van der Waals surface area (Å²) in [5.41, 5.74) is 0. The van der Waals surface area contributed by atoms with E-state index in [1.165, 1.54) is 20.3 Å². The van der Waals surface area contributed by atoms with Gasteiger partial charge in [0.15, 0.2) is 5.78 Å². The van der Waals surface area contributed by atoms with Gasteiger partial charge in [0.25, 0.3) is 0 Å². The highest BCUT2D eigenvalue weighted by molar-refractivity contribution is 6.60. The van der Waals surface area contributed by atoms with E-state index in [1.807, 2.05) is 0 Å². The van der Waals surface area contributed by atoms with Crippen LogP contribution in [0.3, 0.4) is 0 Å². The van der Waals surface area contributed by atoms with Crippen LogP contribution in [0.25, 0.3) is 0 Å². The Kier molecular flexibility index (Phi) is 7.87. The summed E-state index contributed by atoms with van der Waals surface area (Å²) < 4.78 is 16.2. The molecule has 4 nitrogen and oxygen atoms in total. The Morgan fingerprint density at radius 3 is 2.44 bits per heavy atom. The molecule has 1 unspecified atom stereocenters. The molecule has 0 spiro atoms. The quantitative estimate of drug-likeness (QED) is 0.364. The van der Waals surface area contributed by atoms with Gasteiger partial charge in [-0.1, -0.05) is 6.58 Å². The van der Waals surface area contributed by atoms with E-state index in [-0.39, 0.29) is 5.78 Å². The maximum atomic E-state index is 11.3. The predicted octanol–water partition coefficient (Wildman–Crippen LogP) is 2.01. The van der Waals surface area contributed by atoms with Crippen LogP contribution in [0.1, 0.15) is 13.3 Å². The predicted molar refractivity (Wildman–Crippen MR) is 65.7 cm³/mol. The summed E-state index contributed by atoms with van der Waals surface area (Å²) in [5.74, 6) is 0.325. The first-order valence-corrected chi connectivity index (χ1v) is 7.52. The van der Waals surface area contributed by atoms with Crippen molar-refractivity contribution in [3.8, 4) is 0 Å². The number of hydrogen-bond acceptors (Lipinski definition) is 4. The van der Waals surface area contributed by atoms with Crippen LogP contribution in [0.2, 0.25) is 6.04 Å². The van der Waals surface area contributed by atoms with E-state index in [2.05, 4.69) is 6.58 Å². The molecule has 0 saturated carbocycles. The first-order chi connectivity index (χ1) is 7.55. The second kappa shape index (κ2) is 7.97. The molecule has 0 bridgehead atoms. The average molecular weight is 267 g/mol. The molecule has 0 fully saturated rings. The van der Waals surface area contributed by atoms with Crippen LogP contribution in [0.4, 0.5) is 0 Å². The Labute approximate surface area is 103 Å². The van der Waals surface area contributed by atoms with Gasteiger partial charge in [-0.05, 0) is 19.4 Å². The summed E-state index contributed by atoms with van der Waals surface area (Å²) in [6.45, 7) is 5.07. The van der Waals surface area contributed by atoms with Crippen LogP contribution >= 0.6 is 11.6 Å². The number of carbonyl (C=O) groups is 1. The molecule has 0 aliphatic rings. The molecule has 0 aliphatic heterocycles. The van der Waals surface area contributed by atoms with Gasteiger partial charge in [-0.3, -0.25) is 4.79 Å². The lowest BCUT2D eigenvalue weighted by Gasteiger charge is -2.28. The molecule has 0 amide bonds. The van der Waals surface area contributed by atoms with E-state index in [4.69, 9.17) is 24.9 Å². The second-order valence-corrected chi connectivity index (χ2v) is 6.55. The Balaban J connectivity index is 4.52. The number of halogens is 1. The Morgan fingerprint density at radius 2 is 2.06 bits per heavy atom. The van der Waals surface area contributed by atoms with Gasteiger partial charge in [0.05, 0.1) is 0 Å². The Morgan fingerprint density at radius 1 is 1.50 bits per heavy atom.